The van der Waals surface area contributed by atoms with Crippen molar-refractivity contribution in [1.29, 1.82) is 0 Å². The van der Waals surface area contributed by atoms with Crippen LogP contribution in [0, 0.1) is 5.82 Å². The van der Waals surface area contributed by atoms with E-state index in [1.54, 1.807) is 6.07 Å². The third-order valence-electron chi connectivity index (χ3n) is 3.31. The summed E-state index contributed by atoms with van der Waals surface area (Å²) in [7, 11) is -3.27. The number of halogens is 1. The maximum absolute atomic E-state index is 13.1. The van der Waals surface area contributed by atoms with Gasteiger partial charge in [-0.3, -0.25) is 4.79 Å². The molecule has 90 valence electrons. The fourth-order valence-electron chi connectivity index (χ4n) is 2.58. The molecule has 2 aliphatic rings. The van der Waals surface area contributed by atoms with Crippen LogP contribution in [0.15, 0.2) is 24.3 Å². The second-order valence-electron chi connectivity index (χ2n) is 4.40. The van der Waals surface area contributed by atoms with Crippen LogP contribution in [0.1, 0.15) is 6.42 Å². The van der Waals surface area contributed by atoms with E-state index in [4.69, 9.17) is 0 Å². The number of hydrogen-bond acceptors (Lipinski definition) is 3. The molecule has 3 rings (SSSR count). The standard InChI is InChI=1S/C11H10FNO3S/c12-7-2-1-3-8(4-7)13-9-5-10(11(13)14)17(15,16)6-9/h1-4,9-10H,5-6H2. The molecule has 17 heavy (non-hydrogen) atoms. The number of nitrogens with zero attached hydrogens (tertiary/aromatic N) is 1. The molecule has 2 aliphatic heterocycles. The Morgan fingerprint density at radius 1 is 1.35 bits per heavy atom. The van der Waals surface area contributed by atoms with E-state index in [9.17, 15) is 17.6 Å². The van der Waals surface area contributed by atoms with Crippen molar-refractivity contribution >= 4 is 21.4 Å². The number of sulfone groups is 1. The Balaban J connectivity index is 2.01. The van der Waals surface area contributed by atoms with Gasteiger partial charge in [0.25, 0.3) is 0 Å². The summed E-state index contributed by atoms with van der Waals surface area (Å²) in [5.74, 6) is -0.868. The van der Waals surface area contributed by atoms with Crippen LogP contribution in [-0.4, -0.2) is 31.4 Å². The number of benzene rings is 1. The van der Waals surface area contributed by atoms with Gasteiger partial charge in [0.15, 0.2) is 9.84 Å². The topological polar surface area (TPSA) is 54.5 Å². The summed E-state index contributed by atoms with van der Waals surface area (Å²) in [6.45, 7) is 0. The molecule has 2 saturated heterocycles. The molecule has 2 heterocycles. The molecule has 0 radical (unpaired) electrons. The lowest BCUT2D eigenvalue weighted by atomic mass is 10.2. The largest absolute Gasteiger partial charge is 0.307 e. The summed E-state index contributed by atoms with van der Waals surface area (Å²) in [4.78, 5) is 13.3. The van der Waals surface area contributed by atoms with Gasteiger partial charge in [-0.15, -0.1) is 0 Å². The van der Waals surface area contributed by atoms with E-state index >= 15 is 0 Å². The molecule has 0 aliphatic carbocycles. The zero-order chi connectivity index (χ0) is 12.2. The van der Waals surface area contributed by atoms with Gasteiger partial charge < -0.3 is 4.90 Å². The van der Waals surface area contributed by atoms with Crippen molar-refractivity contribution in [2.45, 2.75) is 17.7 Å². The summed E-state index contributed by atoms with van der Waals surface area (Å²) >= 11 is 0. The summed E-state index contributed by atoms with van der Waals surface area (Å²) in [5, 5.41) is -0.921. The number of hydrogen-bond donors (Lipinski definition) is 0. The first-order valence-electron chi connectivity index (χ1n) is 5.29. The van der Waals surface area contributed by atoms with Gasteiger partial charge in [0, 0.05) is 5.69 Å². The number of amides is 1. The van der Waals surface area contributed by atoms with Gasteiger partial charge in [-0.25, -0.2) is 12.8 Å². The normalized spacial score (nSPS) is 29.9. The fraction of sp³-hybridized carbons (Fsp3) is 0.364. The van der Waals surface area contributed by atoms with Gasteiger partial charge in [-0.2, -0.15) is 0 Å². The molecule has 2 unspecified atom stereocenters. The van der Waals surface area contributed by atoms with E-state index in [1.807, 2.05) is 0 Å². The van der Waals surface area contributed by atoms with E-state index in [0.29, 0.717) is 12.1 Å². The molecule has 2 atom stereocenters. The molecule has 0 aromatic heterocycles. The van der Waals surface area contributed by atoms with Crippen molar-refractivity contribution in [3.8, 4) is 0 Å². The van der Waals surface area contributed by atoms with Crippen LogP contribution in [0.2, 0.25) is 0 Å². The third kappa shape index (κ3) is 1.47. The van der Waals surface area contributed by atoms with Crippen LogP contribution in [0.5, 0.6) is 0 Å². The number of fused-ring (bicyclic) bond motifs is 2. The van der Waals surface area contributed by atoms with Crippen LogP contribution < -0.4 is 4.90 Å². The molecule has 2 fully saturated rings. The Bertz CT molecular complexity index is 598. The van der Waals surface area contributed by atoms with Crippen molar-refractivity contribution in [1.82, 2.24) is 0 Å². The summed E-state index contributed by atoms with van der Waals surface area (Å²) in [5.41, 5.74) is 0.442. The van der Waals surface area contributed by atoms with Crippen molar-refractivity contribution < 1.29 is 17.6 Å². The Morgan fingerprint density at radius 3 is 2.71 bits per heavy atom. The van der Waals surface area contributed by atoms with Gasteiger partial charge >= 0.3 is 0 Å². The van der Waals surface area contributed by atoms with Crippen LogP contribution >= 0.6 is 0 Å². The highest BCUT2D eigenvalue weighted by Crippen LogP contribution is 2.37. The Morgan fingerprint density at radius 2 is 2.12 bits per heavy atom. The minimum atomic E-state index is -3.27. The summed E-state index contributed by atoms with van der Waals surface area (Å²) in [6.07, 6.45) is 0.331. The zero-order valence-corrected chi connectivity index (χ0v) is 9.65. The number of carbonyl (C=O) groups is 1. The van der Waals surface area contributed by atoms with Gasteiger partial charge in [-0.1, -0.05) is 6.07 Å². The molecule has 0 N–H and O–H groups in total. The predicted molar refractivity (Wildman–Crippen MR) is 59.9 cm³/mol. The molecule has 1 amide bonds. The highest BCUT2D eigenvalue weighted by atomic mass is 32.2. The number of anilines is 1. The Labute approximate surface area is 98.0 Å². The second-order valence-corrected chi connectivity index (χ2v) is 6.62. The van der Waals surface area contributed by atoms with Gasteiger partial charge in [-0.05, 0) is 24.6 Å². The van der Waals surface area contributed by atoms with E-state index in [-0.39, 0.29) is 11.8 Å². The van der Waals surface area contributed by atoms with Gasteiger partial charge in [0.05, 0.1) is 11.8 Å². The smallest absolute Gasteiger partial charge is 0.245 e. The lowest BCUT2D eigenvalue weighted by Gasteiger charge is -2.26. The first-order valence-corrected chi connectivity index (χ1v) is 7.01. The molecule has 6 heteroatoms. The Hall–Kier alpha value is -1.43. The van der Waals surface area contributed by atoms with Crippen molar-refractivity contribution in [3.05, 3.63) is 30.1 Å². The fourth-order valence-corrected chi connectivity index (χ4v) is 4.57. The van der Waals surface area contributed by atoms with Crippen molar-refractivity contribution in [2.24, 2.45) is 0 Å². The van der Waals surface area contributed by atoms with Crippen LogP contribution in [0.25, 0.3) is 0 Å². The summed E-state index contributed by atoms with van der Waals surface area (Å²) < 4.78 is 36.2. The minimum Gasteiger partial charge on any atom is -0.307 e. The maximum Gasteiger partial charge on any atom is 0.245 e. The lowest BCUT2D eigenvalue weighted by molar-refractivity contribution is -0.117. The molecular weight excluding hydrogens is 245 g/mol. The summed E-state index contributed by atoms with van der Waals surface area (Å²) in [6, 6.07) is 5.34. The quantitative estimate of drug-likeness (QED) is 0.743. The highest BCUT2D eigenvalue weighted by molar-refractivity contribution is 7.93. The second kappa shape index (κ2) is 3.29. The molecule has 4 nitrogen and oxygen atoms in total. The highest BCUT2D eigenvalue weighted by Gasteiger charge is 2.54. The first kappa shape index (κ1) is 10.7. The molecule has 1 aromatic carbocycles. The molecular formula is C11H10FNO3S. The van der Waals surface area contributed by atoms with Crippen molar-refractivity contribution in [3.63, 3.8) is 0 Å². The minimum absolute atomic E-state index is 0.0140. The third-order valence-corrected chi connectivity index (χ3v) is 5.42. The first-order chi connectivity index (χ1) is 7.99. The SMILES string of the molecule is O=C1C2CC(CS2(=O)=O)N1c1cccc(F)c1. The average Bonchev–Trinajstić information content (AvgIpc) is 2.70. The van der Waals surface area contributed by atoms with Crippen molar-refractivity contribution in [2.75, 3.05) is 10.7 Å². The van der Waals surface area contributed by atoms with E-state index in [0.717, 1.165) is 0 Å². The monoisotopic (exact) mass is 255 g/mol. The van der Waals surface area contributed by atoms with E-state index < -0.39 is 26.8 Å². The van der Waals surface area contributed by atoms with Crippen LogP contribution in [-0.2, 0) is 14.6 Å². The predicted octanol–water partition coefficient (Wildman–Crippen LogP) is 0.728. The molecule has 0 saturated carbocycles. The number of rotatable bonds is 1. The van der Waals surface area contributed by atoms with E-state index in [1.165, 1.54) is 23.1 Å². The average molecular weight is 255 g/mol. The zero-order valence-electron chi connectivity index (χ0n) is 8.84. The Kier molecular flexibility index (Phi) is 2.07. The molecule has 1 aromatic rings. The van der Waals surface area contributed by atoms with E-state index in [2.05, 4.69) is 0 Å². The van der Waals surface area contributed by atoms with Crippen LogP contribution in [0.3, 0.4) is 0 Å². The van der Waals surface area contributed by atoms with Gasteiger partial charge in [0.1, 0.15) is 11.1 Å². The van der Waals surface area contributed by atoms with Crippen LogP contribution in [0.4, 0.5) is 10.1 Å². The maximum atomic E-state index is 13.1. The molecule has 0 spiro atoms. The molecule has 2 bridgehead atoms. The number of carbonyl (C=O) groups excluding carboxylic acids is 1. The van der Waals surface area contributed by atoms with Gasteiger partial charge in [0.2, 0.25) is 5.91 Å². The lowest BCUT2D eigenvalue weighted by Crippen LogP contribution is -2.45.